The molecule has 1 heterocycles. The van der Waals surface area contributed by atoms with E-state index in [2.05, 4.69) is 61.3 Å². The summed E-state index contributed by atoms with van der Waals surface area (Å²) < 4.78 is 0. The molecule has 1 aromatic rings. The Balaban J connectivity index is 1.74. The van der Waals surface area contributed by atoms with Gasteiger partial charge in [-0.3, -0.25) is 4.90 Å². The van der Waals surface area contributed by atoms with Crippen LogP contribution in [0.4, 0.5) is 0 Å². The van der Waals surface area contributed by atoms with E-state index in [1.165, 1.54) is 24.8 Å². The highest BCUT2D eigenvalue weighted by atomic mass is 15.3. The van der Waals surface area contributed by atoms with E-state index in [9.17, 15) is 0 Å². The standard InChI is InChI=1S/C19H30N2/c1-14-8-7-11-19(16(14)3)21-13-18(20-12-15(21)2)17-9-5-4-6-10-17/h4-6,9-10,14-16,18-20H,7-8,11-13H2,1-3H3. The zero-order valence-electron chi connectivity index (χ0n) is 13.8. The SMILES string of the molecule is CC1CCCC(N2CC(c3ccccc3)NCC2C)C1C. The molecule has 0 aromatic heterocycles. The average molecular weight is 286 g/mol. The minimum Gasteiger partial charge on any atom is -0.307 e. The Bertz CT molecular complexity index is 444. The molecule has 0 amide bonds. The second-order valence-corrected chi connectivity index (χ2v) is 7.25. The first-order valence-corrected chi connectivity index (χ1v) is 8.71. The van der Waals surface area contributed by atoms with Gasteiger partial charge in [0.1, 0.15) is 0 Å². The quantitative estimate of drug-likeness (QED) is 0.888. The Hall–Kier alpha value is -0.860. The number of hydrogen-bond donors (Lipinski definition) is 1. The normalized spacial score (nSPS) is 38.3. The molecule has 5 unspecified atom stereocenters. The van der Waals surface area contributed by atoms with Gasteiger partial charge in [-0.1, -0.05) is 57.0 Å². The van der Waals surface area contributed by atoms with Crippen molar-refractivity contribution in [2.24, 2.45) is 11.8 Å². The third kappa shape index (κ3) is 3.17. The first-order chi connectivity index (χ1) is 10.2. The van der Waals surface area contributed by atoms with Crippen LogP contribution in [-0.4, -0.2) is 30.1 Å². The second-order valence-electron chi connectivity index (χ2n) is 7.25. The second kappa shape index (κ2) is 6.50. The number of benzene rings is 1. The summed E-state index contributed by atoms with van der Waals surface area (Å²) in [4.78, 5) is 2.80. The number of piperazine rings is 1. The molecule has 1 saturated heterocycles. The molecule has 5 atom stereocenters. The lowest BCUT2D eigenvalue weighted by Crippen LogP contribution is -2.57. The van der Waals surface area contributed by atoms with E-state index in [1.54, 1.807) is 0 Å². The van der Waals surface area contributed by atoms with E-state index in [0.717, 1.165) is 31.0 Å². The van der Waals surface area contributed by atoms with E-state index in [4.69, 9.17) is 0 Å². The first-order valence-electron chi connectivity index (χ1n) is 8.71. The van der Waals surface area contributed by atoms with Crippen molar-refractivity contribution in [2.75, 3.05) is 13.1 Å². The zero-order valence-corrected chi connectivity index (χ0v) is 13.8. The van der Waals surface area contributed by atoms with Gasteiger partial charge in [-0.25, -0.2) is 0 Å². The molecular formula is C19H30N2. The van der Waals surface area contributed by atoms with Crippen LogP contribution in [0.3, 0.4) is 0 Å². The lowest BCUT2D eigenvalue weighted by molar-refractivity contribution is 0.0242. The van der Waals surface area contributed by atoms with Crippen molar-refractivity contribution in [2.45, 2.75) is 58.2 Å². The Morgan fingerprint density at radius 3 is 2.57 bits per heavy atom. The molecule has 0 radical (unpaired) electrons. The molecule has 1 aromatic carbocycles. The zero-order chi connectivity index (χ0) is 14.8. The Labute approximate surface area is 129 Å². The fraction of sp³-hybridized carbons (Fsp3) is 0.684. The van der Waals surface area contributed by atoms with Crippen LogP contribution in [-0.2, 0) is 0 Å². The predicted molar refractivity (Wildman–Crippen MR) is 89.3 cm³/mol. The van der Waals surface area contributed by atoms with Gasteiger partial charge in [0.15, 0.2) is 0 Å². The summed E-state index contributed by atoms with van der Waals surface area (Å²) in [5, 5.41) is 3.74. The van der Waals surface area contributed by atoms with Gasteiger partial charge in [-0.15, -0.1) is 0 Å². The molecule has 1 aliphatic heterocycles. The van der Waals surface area contributed by atoms with Crippen LogP contribution < -0.4 is 5.32 Å². The molecule has 0 bridgehead atoms. The maximum Gasteiger partial charge on any atom is 0.0450 e. The monoisotopic (exact) mass is 286 g/mol. The van der Waals surface area contributed by atoms with E-state index >= 15 is 0 Å². The Morgan fingerprint density at radius 2 is 1.81 bits per heavy atom. The van der Waals surface area contributed by atoms with Gasteiger partial charge in [0, 0.05) is 31.2 Å². The summed E-state index contributed by atoms with van der Waals surface area (Å²) in [5.41, 5.74) is 1.44. The lowest BCUT2D eigenvalue weighted by atomic mass is 9.76. The van der Waals surface area contributed by atoms with Crippen molar-refractivity contribution in [3.63, 3.8) is 0 Å². The van der Waals surface area contributed by atoms with Crippen molar-refractivity contribution < 1.29 is 0 Å². The van der Waals surface area contributed by atoms with Gasteiger partial charge in [0.25, 0.3) is 0 Å². The van der Waals surface area contributed by atoms with Crippen molar-refractivity contribution in [1.29, 1.82) is 0 Å². The van der Waals surface area contributed by atoms with Crippen LogP contribution in [0, 0.1) is 11.8 Å². The molecule has 2 fully saturated rings. The topological polar surface area (TPSA) is 15.3 Å². The van der Waals surface area contributed by atoms with E-state index in [-0.39, 0.29) is 0 Å². The molecule has 21 heavy (non-hydrogen) atoms. The first kappa shape index (κ1) is 15.1. The molecule has 2 aliphatic rings. The van der Waals surface area contributed by atoms with E-state index in [1.807, 2.05) is 0 Å². The summed E-state index contributed by atoms with van der Waals surface area (Å²) in [6.07, 6.45) is 4.21. The largest absolute Gasteiger partial charge is 0.307 e. The Morgan fingerprint density at radius 1 is 1.05 bits per heavy atom. The highest BCUT2D eigenvalue weighted by Gasteiger charge is 2.36. The predicted octanol–water partition coefficient (Wildman–Crippen LogP) is 3.85. The number of nitrogens with one attached hydrogen (secondary N) is 1. The van der Waals surface area contributed by atoms with Gasteiger partial charge >= 0.3 is 0 Å². The van der Waals surface area contributed by atoms with Gasteiger partial charge < -0.3 is 5.32 Å². The third-order valence-corrected chi connectivity index (χ3v) is 5.91. The molecule has 116 valence electrons. The number of rotatable bonds is 2. The third-order valence-electron chi connectivity index (χ3n) is 5.91. The summed E-state index contributed by atoms with van der Waals surface area (Å²) in [6, 6.07) is 12.9. The molecule has 0 spiro atoms. The minimum atomic E-state index is 0.492. The molecule has 2 nitrogen and oxygen atoms in total. The summed E-state index contributed by atoms with van der Waals surface area (Å²) in [6.45, 7) is 9.57. The molecule has 3 rings (SSSR count). The average Bonchev–Trinajstić information content (AvgIpc) is 2.52. The van der Waals surface area contributed by atoms with Crippen LogP contribution in [0.1, 0.15) is 51.6 Å². The van der Waals surface area contributed by atoms with Crippen molar-refractivity contribution in [1.82, 2.24) is 10.2 Å². The van der Waals surface area contributed by atoms with Crippen molar-refractivity contribution >= 4 is 0 Å². The molecular weight excluding hydrogens is 256 g/mol. The fourth-order valence-electron chi connectivity index (χ4n) is 4.28. The fourth-order valence-corrected chi connectivity index (χ4v) is 4.28. The maximum absolute atomic E-state index is 3.74. The highest BCUT2D eigenvalue weighted by molar-refractivity contribution is 5.20. The smallest absolute Gasteiger partial charge is 0.0450 e. The van der Waals surface area contributed by atoms with Crippen LogP contribution >= 0.6 is 0 Å². The van der Waals surface area contributed by atoms with Crippen LogP contribution in [0.2, 0.25) is 0 Å². The number of hydrogen-bond acceptors (Lipinski definition) is 2. The van der Waals surface area contributed by atoms with E-state index in [0.29, 0.717) is 12.1 Å². The van der Waals surface area contributed by atoms with Gasteiger partial charge in [0.05, 0.1) is 0 Å². The summed E-state index contributed by atoms with van der Waals surface area (Å²) in [5.74, 6) is 1.71. The Kier molecular flexibility index (Phi) is 4.66. The van der Waals surface area contributed by atoms with Crippen molar-refractivity contribution in [3.8, 4) is 0 Å². The van der Waals surface area contributed by atoms with Crippen LogP contribution in [0.25, 0.3) is 0 Å². The van der Waals surface area contributed by atoms with Gasteiger partial charge in [-0.05, 0) is 30.7 Å². The highest BCUT2D eigenvalue weighted by Crippen LogP contribution is 2.35. The molecule has 2 heteroatoms. The van der Waals surface area contributed by atoms with Crippen LogP contribution in [0.5, 0.6) is 0 Å². The summed E-state index contributed by atoms with van der Waals surface area (Å²) in [7, 11) is 0. The molecule has 1 aliphatic carbocycles. The van der Waals surface area contributed by atoms with E-state index < -0.39 is 0 Å². The summed E-state index contributed by atoms with van der Waals surface area (Å²) >= 11 is 0. The molecule has 1 saturated carbocycles. The number of nitrogens with zero attached hydrogens (tertiary/aromatic N) is 1. The molecule has 1 N–H and O–H groups in total. The van der Waals surface area contributed by atoms with Gasteiger partial charge in [-0.2, -0.15) is 0 Å². The maximum atomic E-state index is 3.74. The van der Waals surface area contributed by atoms with Crippen molar-refractivity contribution in [3.05, 3.63) is 35.9 Å². The lowest BCUT2D eigenvalue weighted by Gasteiger charge is -2.48. The van der Waals surface area contributed by atoms with Gasteiger partial charge in [0.2, 0.25) is 0 Å². The van der Waals surface area contributed by atoms with Crippen LogP contribution in [0.15, 0.2) is 30.3 Å². The minimum absolute atomic E-state index is 0.492.